The topological polar surface area (TPSA) is 29.3 Å². The maximum absolute atomic E-state index is 5.97. The van der Waals surface area contributed by atoms with Crippen LogP contribution in [0.3, 0.4) is 0 Å². The average Bonchev–Trinajstić information content (AvgIpc) is 2.77. The van der Waals surface area contributed by atoms with Gasteiger partial charge in [-0.2, -0.15) is 11.8 Å². The molecule has 3 atom stereocenters. The molecule has 90 valence electrons. The van der Waals surface area contributed by atoms with Crippen molar-refractivity contribution in [2.24, 2.45) is 11.7 Å². The summed E-state index contributed by atoms with van der Waals surface area (Å²) in [4.78, 5) is 2.61. The lowest BCUT2D eigenvalue weighted by molar-refractivity contribution is 0.115. The SMILES string of the molecule is CCC(C)N(CC)C(CN)C1CCSC1. The van der Waals surface area contributed by atoms with Crippen molar-refractivity contribution in [2.75, 3.05) is 24.6 Å². The molecule has 1 aliphatic rings. The minimum absolute atomic E-state index is 0.611. The highest BCUT2D eigenvalue weighted by atomic mass is 32.2. The summed E-state index contributed by atoms with van der Waals surface area (Å²) >= 11 is 2.09. The van der Waals surface area contributed by atoms with E-state index in [1.165, 1.54) is 24.3 Å². The molecule has 1 heterocycles. The van der Waals surface area contributed by atoms with Gasteiger partial charge in [-0.25, -0.2) is 0 Å². The van der Waals surface area contributed by atoms with Crippen molar-refractivity contribution < 1.29 is 0 Å². The van der Waals surface area contributed by atoms with Crippen LogP contribution in [0.15, 0.2) is 0 Å². The van der Waals surface area contributed by atoms with E-state index in [2.05, 4.69) is 37.4 Å². The standard InChI is InChI=1S/C12H26N2S/c1-4-10(3)14(5-2)12(8-13)11-6-7-15-9-11/h10-12H,4-9,13H2,1-3H3. The molecule has 15 heavy (non-hydrogen) atoms. The number of hydrogen-bond acceptors (Lipinski definition) is 3. The zero-order chi connectivity index (χ0) is 11.3. The number of thioether (sulfide) groups is 1. The first-order valence-electron chi connectivity index (χ1n) is 6.28. The van der Waals surface area contributed by atoms with Crippen LogP contribution in [-0.2, 0) is 0 Å². The first-order chi connectivity index (χ1) is 7.24. The van der Waals surface area contributed by atoms with Crippen LogP contribution < -0.4 is 5.73 Å². The van der Waals surface area contributed by atoms with Gasteiger partial charge >= 0.3 is 0 Å². The molecule has 1 rings (SSSR count). The third-order valence-corrected chi connectivity index (χ3v) is 4.89. The van der Waals surface area contributed by atoms with Gasteiger partial charge in [0.15, 0.2) is 0 Å². The van der Waals surface area contributed by atoms with Gasteiger partial charge in [-0.1, -0.05) is 13.8 Å². The van der Waals surface area contributed by atoms with Crippen molar-refractivity contribution in [3.05, 3.63) is 0 Å². The number of hydrogen-bond donors (Lipinski definition) is 1. The number of likely N-dealkylation sites (N-methyl/N-ethyl adjacent to an activating group) is 1. The highest BCUT2D eigenvalue weighted by Gasteiger charge is 2.30. The molecule has 0 aromatic heterocycles. The van der Waals surface area contributed by atoms with E-state index in [1.807, 2.05) is 0 Å². The molecule has 0 amide bonds. The first-order valence-corrected chi connectivity index (χ1v) is 7.43. The molecule has 0 bridgehead atoms. The zero-order valence-electron chi connectivity index (χ0n) is 10.4. The Kier molecular flexibility index (Phi) is 6.02. The molecule has 3 unspecified atom stereocenters. The lowest BCUT2D eigenvalue weighted by atomic mass is 9.96. The fourth-order valence-corrected chi connectivity index (χ4v) is 3.89. The van der Waals surface area contributed by atoms with Crippen molar-refractivity contribution in [1.82, 2.24) is 4.90 Å². The molecule has 0 saturated carbocycles. The summed E-state index contributed by atoms with van der Waals surface area (Å²) in [5.41, 5.74) is 5.97. The maximum Gasteiger partial charge on any atom is 0.0257 e. The molecule has 0 aliphatic carbocycles. The quantitative estimate of drug-likeness (QED) is 0.758. The molecule has 1 saturated heterocycles. The third-order valence-electron chi connectivity index (χ3n) is 3.70. The number of nitrogens with two attached hydrogens (primary N) is 1. The average molecular weight is 230 g/mol. The van der Waals surface area contributed by atoms with E-state index < -0.39 is 0 Å². The Morgan fingerprint density at radius 2 is 2.20 bits per heavy atom. The molecular formula is C12H26N2S. The van der Waals surface area contributed by atoms with E-state index in [0.29, 0.717) is 12.1 Å². The molecule has 1 aliphatic heterocycles. The van der Waals surface area contributed by atoms with E-state index in [0.717, 1.165) is 19.0 Å². The van der Waals surface area contributed by atoms with Gasteiger partial charge in [-0.3, -0.25) is 4.90 Å². The molecule has 0 spiro atoms. The molecular weight excluding hydrogens is 204 g/mol. The smallest absolute Gasteiger partial charge is 0.0257 e. The first kappa shape index (κ1) is 13.3. The second kappa shape index (κ2) is 6.77. The van der Waals surface area contributed by atoms with Crippen molar-refractivity contribution in [1.29, 1.82) is 0 Å². The minimum Gasteiger partial charge on any atom is -0.329 e. The summed E-state index contributed by atoms with van der Waals surface area (Å²) in [6.07, 6.45) is 2.59. The Balaban J connectivity index is 2.60. The second-order valence-corrected chi connectivity index (χ2v) is 5.66. The summed E-state index contributed by atoms with van der Waals surface area (Å²) < 4.78 is 0. The van der Waals surface area contributed by atoms with Crippen molar-refractivity contribution in [2.45, 2.75) is 45.7 Å². The van der Waals surface area contributed by atoms with E-state index in [9.17, 15) is 0 Å². The van der Waals surface area contributed by atoms with Crippen LogP contribution in [0.4, 0.5) is 0 Å². The number of rotatable bonds is 6. The molecule has 3 heteroatoms. The molecule has 0 aromatic carbocycles. The van der Waals surface area contributed by atoms with Crippen LogP contribution in [0.2, 0.25) is 0 Å². The highest BCUT2D eigenvalue weighted by Crippen LogP contribution is 2.29. The van der Waals surface area contributed by atoms with Gasteiger partial charge in [-0.05, 0) is 43.7 Å². The van der Waals surface area contributed by atoms with Gasteiger partial charge in [0.05, 0.1) is 0 Å². The largest absolute Gasteiger partial charge is 0.329 e. The monoisotopic (exact) mass is 230 g/mol. The van der Waals surface area contributed by atoms with Crippen molar-refractivity contribution in [3.63, 3.8) is 0 Å². The second-order valence-electron chi connectivity index (χ2n) is 4.51. The van der Waals surface area contributed by atoms with Crippen LogP contribution in [0.5, 0.6) is 0 Å². The normalized spacial score (nSPS) is 25.8. The predicted molar refractivity (Wildman–Crippen MR) is 70.4 cm³/mol. The fourth-order valence-electron chi connectivity index (χ4n) is 2.56. The maximum atomic E-state index is 5.97. The molecule has 2 nitrogen and oxygen atoms in total. The molecule has 0 aromatic rings. The van der Waals surface area contributed by atoms with Crippen LogP contribution in [0.1, 0.15) is 33.6 Å². The van der Waals surface area contributed by atoms with Crippen molar-refractivity contribution >= 4 is 11.8 Å². The summed E-state index contributed by atoms with van der Waals surface area (Å²) in [6, 6.07) is 1.29. The van der Waals surface area contributed by atoms with Crippen LogP contribution >= 0.6 is 11.8 Å². The lowest BCUT2D eigenvalue weighted by Gasteiger charge is -2.38. The predicted octanol–water partition coefficient (Wildman–Crippen LogP) is 2.19. The molecule has 0 radical (unpaired) electrons. The zero-order valence-corrected chi connectivity index (χ0v) is 11.2. The van der Waals surface area contributed by atoms with Gasteiger partial charge in [0.25, 0.3) is 0 Å². The van der Waals surface area contributed by atoms with E-state index in [4.69, 9.17) is 5.73 Å². The van der Waals surface area contributed by atoms with Gasteiger partial charge in [0.1, 0.15) is 0 Å². The van der Waals surface area contributed by atoms with Crippen molar-refractivity contribution in [3.8, 4) is 0 Å². The summed E-state index contributed by atoms with van der Waals surface area (Å²) in [5.74, 6) is 3.47. The Hall–Kier alpha value is 0.270. The Morgan fingerprint density at radius 1 is 1.47 bits per heavy atom. The fraction of sp³-hybridized carbons (Fsp3) is 1.00. The summed E-state index contributed by atoms with van der Waals surface area (Å²) in [7, 11) is 0. The minimum atomic E-state index is 0.611. The lowest BCUT2D eigenvalue weighted by Crippen LogP contribution is -2.49. The summed E-state index contributed by atoms with van der Waals surface area (Å²) in [6.45, 7) is 8.82. The van der Waals surface area contributed by atoms with Crippen LogP contribution in [-0.4, -0.2) is 41.6 Å². The Bertz CT molecular complexity index is 169. The van der Waals surface area contributed by atoms with Crippen LogP contribution in [0, 0.1) is 5.92 Å². The Morgan fingerprint density at radius 3 is 2.60 bits per heavy atom. The molecule has 1 fully saturated rings. The molecule has 2 N–H and O–H groups in total. The third kappa shape index (κ3) is 3.36. The van der Waals surface area contributed by atoms with E-state index in [-0.39, 0.29) is 0 Å². The number of nitrogens with zero attached hydrogens (tertiary/aromatic N) is 1. The summed E-state index contributed by atoms with van der Waals surface area (Å²) in [5, 5.41) is 0. The van der Waals surface area contributed by atoms with Gasteiger partial charge in [0.2, 0.25) is 0 Å². The van der Waals surface area contributed by atoms with Gasteiger partial charge in [-0.15, -0.1) is 0 Å². The van der Waals surface area contributed by atoms with E-state index in [1.54, 1.807) is 0 Å². The van der Waals surface area contributed by atoms with Gasteiger partial charge in [0, 0.05) is 18.6 Å². The van der Waals surface area contributed by atoms with E-state index >= 15 is 0 Å². The van der Waals surface area contributed by atoms with Crippen LogP contribution in [0.25, 0.3) is 0 Å². The highest BCUT2D eigenvalue weighted by molar-refractivity contribution is 7.99. The van der Waals surface area contributed by atoms with Gasteiger partial charge < -0.3 is 5.73 Å². The Labute approximate surface area is 99.0 Å².